The number of carbonyl (C=O) groups is 1. The molecule has 0 saturated carbocycles. The van der Waals surface area contributed by atoms with Gasteiger partial charge in [-0.05, 0) is 20.8 Å². The molecule has 0 aliphatic carbocycles. The van der Waals surface area contributed by atoms with E-state index in [9.17, 15) is 86.5 Å². The quantitative estimate of drug-likeness (QED) is 0.0768. The topological polar surface area (TPSA) is 454 Å². The fraction of sp³-hybridized carbons (Fsp3) is 0.974. The van der Waals surface area contributed by atoms with E-state index in [1.54, 1.807) is 0 Å². The third-order valence-electron chi connectivity index (χ3n) is 12.7. The van der Waals surface area contributed by atoms with E-state index in [1.807, 2.05) is 0 Å². The summed E-state index contributed by atoms with van der Waals surface area (Å²) in [6.07, 6.45) is -52.4. The Labute approximate surface area is 381 Å². The van der Waals surface area contributed by atoms with Crippen molar-refractivity contribution in [1.82, 2.24) is 5.32 Å². The number of ether oxygens (including phenoxy) is 11. The van der Waals surface area contributed by atoms with Gasteiger partial charge in [-0.3, -0.25) is 4.79 Å². The first kappa shape index (κ1) is 54.7. The molecule has 6 saturated heterocycles. The molecule has 17 N–H and O–H groups in total. The number of aliphatic hydroxyl groups excluding tert-OH is 16. The standard InChI is InChI=1S/C38H65NO28/c1-8-16(44)20(48)23(51)34(57-8)64-29-14(7-42)61-37(27(55)31(29)66-35-24(52)21(49)17(45)9(2)58-35)63-28-13(6-41)62-38(32(26(28)54)67-36-25(53)22(50)18(46)10(3)59-36)65-30-15(39-11(4)43)33(56)60-12(5-40)19(30)47/h8-10,12-38,40-42,44-56H,5-7H2,1-4H3,(H,39,43)/t8-,9-,10+,12-,13-,14-,15-,16-,17-,18-,19+,20+,21+,22-,23-,24-,25+,26+,27+,28+,29-,30-,31-,32-,33+,34+,35+,36?,37?,38?/m1/s1. The average Bonchev–Trinajstić information content (AvgIpc) is 3.29. The molecule has 1 amide bonds. The number of amides is 1. The molecule has 0 spiro atoms. The highest BCUT2D eigenvalue weighted by Gasteiger charge is 2.58. The second kappa shape index (κ2) is 22.9. The van der Waals surface area contributed by atoms with Crippen LogP contribution in [0.2, 0.25) is 0 Å². The molecule has 0 aromatic rings. The predicted octanol–water partition coefficient (Wildman–Crippen LogP) is -10.9. The maximum atomic E-state index is 12.2. The van der Waals surface area contributed by atoms with E-state index >= 15 is 0 Å². The second-order valence-electron chi connectivity index (χ2n) is 17.4. The minimum atomic E-state index is -2.20. The molecule has 6 heterocycles. The summed E-state index contributed by atoms with van der Waals surface area (Å²) < 4.78 is 63.8. The van der Waals surface area contributed by atoms with Crippen molar-refractivity contribution in [1.29, 1.82) is 0 Å². The highest BCUT2D eigenvalue weighted by Crippen LogP contribution is 2.38. The summed E-state index contributed by atoms with van der Waals surface area (Å²) in [7, 11) is 0. The molecule has 6 rings (SSSR count). The summed E-state index contributed by atoms with van der Waals surface area (Å²) >= 11 is 0. The number of hydrogen-bond donors (Lipinski definition) is 17. The van der Waals surface area contributed by atoms with Gasteiger partial charge in [0.2, 0.25) is 5.91 Å². The molecule has 6 aliphatic heterocycles. The van der Waals surface area contributed by atoms with Gasteiger partial charge >= 0.3 is 0 Å². The molecule has 0 aromatic heterocycles. The highest BCUT2D eigenvalue weighted by molar-refractivity contribution is 5.73. The summed E-state index contributed by atoms with van der Waals surface area (Å²) in [6, 6.07) is -1.60. The van der Waals surface area contributed by atoms with Gasteiger partial charge in [-0.15, -0.1) is 0 Å². The van der Waals surface area contributed by atoms with Gasteiger partial charge < -0.3 is 139 Å². The fourth-order valence-corrected chi connectivity index (χ4v) is 8.72. The summed E-state index contributed by atoms with van der Waals surface area (Å²) in [5, 5.41) is 175. The van der Waals surface area contributed by atoms with Crippen LogP contribution in [0.3, 0.4) is 0 Å². The van der Waals surface area contributed by atoms with E-state index in [0.717, 1.165) is 6.92 Å². The van der Waals surface area contributed by atoms with E-state index in [1.165, 1.54) is 20.8 Å². The zero-order valence-electron chi connectivity index (χ0n) is 36.5. The molecular formula is C38H65NO28. The zero-order valence-corrected chi connectivity index (χ0v) is 36.5. The van der Waals surface area contributed by atoms with Crippen LogP contribution in [-0.4, -0.2) is 292 Å². The molecule has 390 valence electrons. The van der Waals surface area contributed by atoms with E-state index < -0.39 is 210 Å². The molecule has 30 atom stereocenters. The smallest absolute Gasteiger partial charge is 0.217 e. The maximum absolute atomic E-state index is 12.2. The van der Waals surface area contributed by atoms with Crippen LogP contribution in [0, 0.1) is 0 Å². The number of nitrogens with one attached hydrogen (secondary N) is 1. The molecule has 0 radical (unpaired) electrons. The molecular weight excluding hydrogens is 918 g/mol. The molecule has 29 heteroatoms. The molecule has 3 unspecified atom stereocenters. The molecule has 6 fully saturated rings. The highest BCUT2D eigenvalue weighted by atomic mass is 16.8. The third kappa shape index (κ3) is 11.4. The largest absolute Gasteiger partial charge is 0.394 e. The predicted molar refractivity (Wildman–Crippen MR) is 207 cm³/mol. The Balaban J connectivity index is 1.33. The number of aliphatic hydroxyl groups is 16. The minimum Gasteiger partial charge on any atom is -0.394 e. The van der Waals surface area contributed by atoms with Crippen molar-refractivity contribution in [2.45, 2.75) is 212 Å². The number of carbonyl (C=O) groups excluding carboxylic acids is 1. The van der Waals surface area contributed by atoms with Crippen molar-refractivity contribution in [2.24, 2.45) is 0 Å². The summed E-state index contributed by atoms with van der Waals surface area (Å²) in [4.78, 5) is 12.2. The van der Waals surface area contributed by atoms with Gasteiger partial charge in [0.15, 0.2) is 37.7 Å². The molecule has 0 bridgehead atoms. The van der Waals surface area contributed by atoms with Gasteiger partial charge in [-0.1, -0.05) is 0 Å². The second-order valence-corrected chi connectivity index (χ2v) is 17.4. The van der Waals surface area contributed by atoms with Crippen molar-refractivity contribution in [3.8, 4) is 0 Å². The molecule has 0 aromatic carbocycles. The van der Waals surface area contributed by atoms with Gasteiger partial charge in [-0.25, -0.2) is 0 Å². The van der Waals surface area contributed by atoms with E-state index in [0.29, 0.717) is 0 Å². The van der Waals surface area contributed by atoms with Crippen LogP contribution in [-0.2, 0) is 56.9 Å². The first-order chi connectivity index (χ1) is 31.5. The van der Waals surface area contributed by atoms with Gasteiger partial charge in [-0.2, -0.15) is 0 Å². The Morgan fingerprint density at radius 3 is 1.21 bits per heavy atom. The van der Waals surface area contributed by atoms with E-state index in [-0.39, 0.29) is 0 Å². The Kier molecular flexibility index (Phi) is 18.7. The van der Waals surface area contributed by atoms with Crippen molar-refractivity contribution < 1.29 is 139 Å². The van der Waals surface area contributed by atoms with Crippen molar-refractivity contribution >= 4 is 5.91 Å². The van der Waals surface area contributed by atoms with Crippen molar-refractivity contribution in [2.75, 3.05) is 19.8 Å². The summed E-state index contributed by atoms with van der Waals surface area (Å²) in [5.74, 6) is -0.751. The number of rotatable bonds is 14. The van der Waals surface area contributed by atoms with Gasteiger partial charge in [0.25, 0.3) is 0 Å². The molecule has 6 aliphatic rings. The Bertz CT molecular complexity index is 1580. The molecule has 67 heavy (non-hydrogen) atoms. The Morgan fingerprint density at radius 2 is 0.761 bits per heavy atom. The van der Waals surface area contributed by atoms with Crippen LogP contribution in [0.1, 0.15) is 27.7 Å². The Hall–Kier alpha value is -1.61. The van der Waals surface area contributed by atoms with Crippen LogP contribution in [0.15, 0.2) is 0 Å². The average molecular weight is 984 g/mol. The minimum absolute atomic E-state index is 0.751. The van der Waals surface area contributed by atoms with Crippen molar-refractivity contribution in [3.63, 3.8) is 0 Å². The van der Waals surface area contributed by atoms with Crippen LogP contribution in [0.5, 0.6) is 0 Å². The zero-order chi connectivity index (χ0) is 49.5. The van der Waals surface area contributed by atoms with Gasteiger partial charge in [0, 0.05) is 6.92 Å². The lowest BCUT2D eigenvalue weighted by Crippen LogP contribution is -2.70. The number of hydrogen-bond acceptors (Lipinski definition) is 28. The lowest BCUT2D eigenvalue weighted by atomic mass is 9.94. The fourth-order valence-electron chi connectivity index (χ4n) is 8.72. The van der Waals surface area contributed by atoms with Gasteiger partial charge in [0.1, 0.15) is 128 Å². The SMILES string of the molecule is CC(=O)N[C@@H]1[C@@H](OC2O[C@H](CO)[C@H](OC3O[C@H](CO)[C@@H](O[C@@H]4O[C@H](C)[C@@H](O)[C@H](O)[C@H]4O)[C@H](O[C@@H]4O[C@H](C)[C@@H](O)[C@H](O)[C@H]4O)[C@@H]3O)[C@H](O)[C@H]2OC2O[C@@H](C)[C@@H](O)[C@@H](O)[C@@H]2O)[C@@H](O)[C@@H](CO)O[C@@H]1O. The summed E-state index contributed by atoms with van der Waals surface area (Å²) in [6.45, 7) is 2.06. The van der Waals surface area contributed by atoms with Crippen LogP contribution < -0.4 is 5.32 Å². The lowest BCUT2D eigenvalue weighted by molar-refractivity contribution is -0.409. The summed E-state index contributed by atoms with van der Waals surface area (Å²) in [5.41, 5.74) is 0. The van der Waals surface area contributed by atoms with E-state index in [4.69, 9.17) is 52.1 Å². The third-order valence-corrected chi connectivity index (χ3v) is 12.7. The van der Waals surface area contributed by atoms with Gasteiger partial charge in [0.05, 0.1) is 38.1 Å². The van der Waals surface area contributed by atoms with Crippen LogP contribution >= 0.6 is 0 Å². The first-order valence-corrected chi connectivity index (χ1v) is 21.7. The monoisotopic (exact) mass is 983 g/mol. The van der Waals surface area contributed by atoms with Crippen LogP contribution in [0.4, 0.5) is 0 Å². The Morgan fingerprint density at radius 1 is 0.388 bits per heavy atom. The maximum Gasteiger partial charge on any atom is 0.217 e. The van der Waals surface area contributed by atoms with Crippen LogP contribution in [0.25, 0.3) is 0 Å². The first-order valence-electron chi connectivity index (χ1n) is 21.7. The molecule has 29 nitrogen and oxygen atoms in total. The van der Waals surface area contributed by atoms with Crippen molar-refractivity contribution in [3.05, 3.63) is 0 Å². The lowest BCUT2D eigenvalue weighted by Gasteiger charge is -2.51. The van der Waals surface area contributed by atoms with E-state index in [2.05, 4.69) is 5.32 Å². The normalized spacial score (nSPS) is 53.3.